The quantitative estimate of drug-likeness (QED) is 0.279. The summed E-state index contributed by atoms with van der Waals surface area (Å²) >= 11 is 0.610. The summed E-state index contributed by atoms with van der Waals surface area (Å²) in [4.78, 5) is 21.2. The van der Waals surface area contributed by atoms with Crippen molar-refractivity contribution in [2.24, 2.45) is 10.3 Å². The number of hydrogen-bond acceptors (Lipinski definition) is 7. The van der Waals surface area contributed by atoms with E-state index in [1.54, 1.807) is 19.1 Å². The van der Waals surface area contributed by atoms with Gasteiger partial charge in [-0.15, -0.1) is 4.91 Å². The molecule has 0 aliphatic heterocycles. The van der Waals surface area contributed by atoms with Gasteiger partial charge in [-0.25, -0.2) is 0 Å². The molecule has 0 aliphatic carbocycles. The van der Waals surface area contributed by atoms with Crippen LogP contribution in [-0.2, 0) is 4.79 Å². The summed E-state index contributed by atoms with van der Waals surface area (Å²) < 4.78 is 12.9. The van der Waals surface area contributed by atoms with E-state index < -0.39 is 5.97 Å². The number of benzene rings is 1. The van der Waals surface area contributed by atoms with Crippen molar-refractivity contribution in [2.45, 2.75) is 13.8 Å². The van der Waals surface area contributed by atoms with Crippen LogP contribution in [0.15, 0.2) is 16.7 Å². The zero-order valence-corrected chi connectivity index (χ0v) is 11.0. The van der Waals surface area contributed by atoms with Gasteiger partial charge in [0.25, 0.3) is 0 Å². The first-order valence-corrected chi connectivity index (χ1v) is 6.12. The van der Waals surface area contributed by atoms with Crippen molar-refractivity contribution in [3.63, 3.8) is 0 Å². The number of nitroso groups, excluding NO2 is 1. The Hall–Kier alpha value is -1.60. The van der Waals surface area contributed by atoms with E-state index in [0.29, 0.717) is 23.4 Å². The second-order valence-electron chi connectivity index (χ2n) is 3.52. The van der Waals surface area contributed by atoms with Gasteiger partial charge in [0.05, 0.1) is 0 Å². The molecule has 0 unspecified atom stereocenters. The molecule has 0 amide bonds. The molecule has 0 radical (unpaired) electrons. The van der Waals surface area contributed by atoms with Crippen molar-refractivity contribution in [1.29, 1.82) is 0 Å². The largest absolute Gasteiger partial charge is 0.478 e. The molecule has 2 N–H and O–H groups in total. The number of carbonyl (C=O) groups excluding carboxylic acids is 1. The summed E-state index contributed by atoms with van der Waals surface area (Å²) in [6, 6.07) is 3.44. The van der Waals surface area contributed by atoms with Crippen molar-refractivity contribution < 1.29 is 14.3 Å². The smallest absolute Gasteiger partial charge is 0.323 e. The third-order valence-corrected chi connectivity index (χ3v) is 2.64. The normalized spacial score (nSPS) is 9.94. The number of ether oxygens (including phenoxy) is 2. The molecule has 0 bridgehead atoms. The highest BCUT2D eigenvalue weighted by molar-refractivity contribution is 7.98. The van der Waals surface area contributed by atoms with Crippen LogP contribution in [0, 0.1) is 18.8 Å². The van der Waals surface area contributed by atoms with Crippen LogP contribution in [0.1, 0.15) is 11.1 Å². The minimum Gasteiger partial charge on any atom is -0.478 e. The molecule has 1 aromatic carbocycles. The van der Waals surface area contributed by atoms with Crippen LogP contribution in [0.25, 0.3) is 0 Å². The minimum absolute atomic E-state index is 0.0844. The average Bonchev–Trinajstić information content (AvgIpc) is 2.33. The summed E-state index contributed by atoms with van der Waals surface area (Å²) in [7, 11) is 0. The zero-order chi connectivity index (χ0) is 13.5. The molecule has 0 saturated heterocycles. The lowest BCUT2D eigenvalue weighted by Crippen LogP contribution is -2.12. The first-order chi connectivity index (χ1) is 8.58. The first kappa shape index (κ1) is 14.5. The van der Waals surface area contributed by atoms with E-state index in [1.165, 1.54) is 0 Å². The molecule has 1 rings (SSSR count). The lowest BCUT2D eigenvalue weighted by molar-refractivity contribution is -0.131. The second kappa shape index (κ2) is 6.97. The van der Waals surface area contributed by atoms with Crippen LogP contribution in [0.5, 0.6) is 11.5 Å². The SMILES string of the molecule is Cc1cc(OC(=O)CSN=O)c(C)cc1OCN. The molecule has 7 heteroatoms. The van der Waals surface area contributed by atoms with Gasteiger partial charge >= 0.3 is 5.97 Å². The molecule has 6 nitrogen and oxygen atoms in total. The van der Waals surface area contributed by atoms with Gasteiger partial charge in [-0.1, -0.05) is 0 Å². The van der Waals surface area contributed by atoms with Crippen LogP contribution < -0.4 is 15.2 Å². The lowest BCUT2D eigenvalue weighted by Gasteiger charge is -2.12. The fourth-order valence-corrected chi connectivity index (χ4v) is 1.57. The molecule has 18 heavy (non-hydrogen) atoms. The maximum atomic E-state index is 11.4. The number of carbonyl (C=O) groups is 1. The van der Waals surface area contributed by atoms with Gasteiger partial charge in [-0.3, -0.25) is 10.5 Å². The van der Waals surface area contributed by atoms with Gasteiger partial charge in [0.15, 0.2) is 0 Å². The van der Waals surface area contributed by atoms with E-state index in [1.807, 2.05) is 6.92 Å². The van der Waals surface area contributed by atoms with Crippen LogP contribution in [-0.4, -0.2) is 18.5 Å². The Labute approximate surface area is 109 Å². The predicted octanol–water partition coefficient (Wildman–Crippen LogP) is 1.92. The number of hydrogen-bond donors (Lipinski definition) is 1. The van der Waals surface area contributed by atoms with E-state index in [9.17, 15) is 9.70 Å². The van der Waals surface area contributed by atoms with E-state index in [0.717, 1.165) is 11.1 Å². The van der Waals surface area contributed by atoms with E-state index in [2.05, 4.69) is 4.58 Å². The van der Waals surface area contributed by atoms with Gasteiger partial charge in [-0.05, 0) is 37.1 Å². The first-order valence-electron chi connectivity index (χ1n) is 5.18. The van der Waals surface area contributed by atoms with Gasteiger partial charge < -0.3 is 9.47 Å². The number of rotatable bonds is 6. The standard InChI is InChI=1S/C11H14N2O4S/c1-7-4-10(17-11(14)5-18-13-15)8(2)3-9(7)16-6-12/h3-4H,5-6,12H2,1-2H3. The Morgan fingerprint density at radius 3 is 2.56 bits per heavy atom. The Morgan fingerprint density at radius 1 is 1.33 bits per heavy atom. The van der Waals surface area contributed by atoms with Crippen molar-refractivity contribution in [2.75, 3.05) is 12.5 Å². The number of esters is 1. The molecule has 0 heterocycles. The fourth-order valence-electron chi connectivity index (χ4n) is 1.35. The van der Waals surface area contributed by atoms with Crippen LogP contribution >= 0.6 is 11.9 Å². The highest BCUT2D eigenvalue weighted by Gasteiger charge is 2.11. The molecule has 1 aromatic rings. The third kappa shape index (κ3) is 4.01. The van der Waals surface area contributed by atoms with Gasteiger partial charge in [0, 0.05) is 16.5 Å². The number of aryl methyl sites for hydroxylation is 2. The van der Waals surface area contributed by atoms with Crippen molar-refractivity contribution in [1.82, 2.24) is 0 Å². The Morgan fingerprint density at radius 2 is 1.94 bits per heavy atom. The monoisotopic (exact) mass is 270 g/mol. The summed E-state index contributed by atoms with van der Waals surface area (Å²) in [5.74, 6) is 0.463. The van der Waals surface area contributed by atoms with Crippen LogP contribution in [0.2, 0.25) is 0 Å². The maximum absolute atomic E-state index is 11.4. The summed E-state index contributed by atoms with van der Waals surface area (Å²) in [5, 5.41) is 0. The van der Waals surface area contributed by atoms with Crippen LogP contribution in [0.4, 0.5) is 0 Å². The molecule has 0 aliphatic rings. The fraction of sp³-hybridized carbons (Fsp3) is 0.364. The third-order valence-electron chi connectivity index (χ3n) is 2.17. The highest BCUT2D eigenvalue weighted by Crippen LogP contribution is 2.28. The molecule has 0 spiro atoms. The van der Waals surface area contributed by atoms with Crippen molar-refractivity contribution >= 4 is 17.9 Å². The summed E-state index contributed by atoms with van der Waals surface area (Å²) in [5.41, 5.74) is 6.87. The van der Waals surface area contributed by atoms with Gasteiger partial charge in [0.1, 0.15) is 24.0 Å². The summed E-state index contributed by atoms with van der Waals surface area (Å²) in [6.45, 7) is 3.70. The van der Waals surface area contributed by atoms with Crippen molar-refractivity contribution in [3.05, 3.63) is 28.2 Å². The Kier molecular flexibility index (Phi) is 5.60. The molecule has 0 saturated carbocycles. The zero-order valence-electron chi connectivity index (χ0n) is 10.1. The predicted molar refractivity (Wildman–Crippen MR) is 69.5 cm³/mol. The molecular weight excluding hydrogens is 256 g/mol. The highest BCUT2D eigenvalue weighted by atomic mass is 32.2. The molecule has 0 atom stereocenters. The Balaban J connectivity index is 2.80. The van der Waals surface area contributed by atoms with Crippen molar-refractivity contribution in [3.8, 4) is 11.5 Å². The molecule has 0 aromatic heterocycles. The number of nitrogens with zero attached hydrogens (tertiary/aromatic N) is 1. The minimum atomic E-state index is -0.519. The van der Waals surface area contributed by atoms with Gasteiger partial charge in [0.2, 0.25) is 0 Å². The molecule has 0 fully saturated rings. The maximum Gasteiger partial charge on any atom is 0.323 e. The Bertz CT molecular complexity index is 451. The van der Waals surface area contributed by atoms with E-state index in [4.69, 9.17) is 15.2 Å². The lowest BCUT2D eigenvalue weighted by atomic mass is 10.1. The van der Waals surface area contributed by atoms with E-state index in [-0.39, 0.29) is 12.5 Å². The van der Waals surface area contributed by atoms with E-state index >= 15 is 0 Å². The molecule has 98 valence electrons. The topological polar surface area (TPSA) is 91.0 Å². The van der Waals surface area contributed by atoms with Crippen LogP contribution in [0.3, 0.4) is 0 Å². The van der Waals surface area contributed by atoms with Gasteiger partial charge in [-0.2, -0.15) is 0 Å². The summed E-state index contributed by atoms with van der Waals surface area (Å²) in [6.07, 6.45) is 0. The number of nitrogens with two attached hydrogens (primary N) is 1. The molecular formula is C11H14N2O4S. The second-order valence-corrected chi connectivity index (χ2v) is 4.21. The average molecular weight is 270 g/mol.